The van der Waals surface area contributed by atoms with Crippen LogP contribution in [-0.4, -0.2) is 28.7 Å². The molecule has 0 aliphatic heterocycles. The average molecular weight is 282 g/mol. The summed E-state index contributed by atoms with van der Waals surface area (Å²) in [5.41, 5.74) is 9.37. The van der Waals surface area contributed by atoms with Crippen LogP contribution in [-0.2, 0) is 6.42 Å². The van der Waals surface area contributed by atoms with Crippen molar-refractivity contribution in [3.8, 4) is 5.75 Å². The highest BCUT2D eigenvalue weighted by Crippen LogP contribution is 2.19. The fourth-order valence-corrected chi connectivity index (χ4v) is 2.33. The minimum atomic E-state index is 0.276. The molecule has 0 unspecified atom stereocenters. The van der Waals surface area contributed by atoms with Crippen LogP contribution in [0.3, 0.4) is 0 Å². The Bertz CT molecular complexity index is 766. The topological polar surface area (TPSA) is 78.2 Å². The number of phenols is 1. The predicted octanol–water partition coefficient (Wildman–Crippen LogP) is 2.53. The van der Waals surface area contributed by atoms with Crippen LogP contribution in [0.1, 0.15) is 5.82 Å². The molecule has 1 heterocycles. The molecule has 0 saturated carbocycles. The number of hydrogen-bond donors (Lipinski definition) is 3. The number of likely N-dealkylation sites (N-methyl/N-ethyl adjacent to an activating group) is 1. The maximum atomic E-state index is 9.51. The number of hydrogen-bond acceptors (Lipinski definition) is 4. The van der Waals surface area contributed by atoms with E-state index in [1.807, 2.05) is 37.4 Å². The van der Waals surface area contributed by atoms with Crippen molar-refractivity contribution in [3.05, 3.63) is 48.3 Å². The molecule has 2 aromatic carbocycles. The SMILES string of the molecule is CN(CCc1nc2ccc(N)cc2[nH]1)c1cccc(O)c1. The number of imidazole rings is 1. The normalized spacial score (nSPS) is 10.9. The van der Waals surface area contributed by atoms with E-state index in [2.05, 4.69) is 14.9 Å². The lowest BCUT2D eigenvalue weighted by Gasteiger charge is -2.18. The minimum Gasteiger partial charge on any atom is -0.508 e. The van der Waals surface area contributed by atoms with Gasteiger partial charge in [0.1, 0.15) is 11.6 Å². The zero-order valence-electron chi connectivity index (χ0n) is 11.9. The monoisotopic (exact) mass is 282 g/mol. The molecule has 21 heavy (non-hydrogen) atoms. The molecule has 4 N–H and O–H groups in total. The number of H-pyrrole nitrogens is 1. The van der Waals surface area contributed by atoms with Crippen molar-refractivity contribution in [2.75, 3.05) is 24.2 Å². The quantitative estimate of drug-likeness (QED) is 0.643. The molecule has 3 aromatic rings. The summed E-state index contributed by atoms with van der Waals surface area (Å²) in [4.78, 5) is 9.92. The van der Waals surface area contributed by atoms with Crippen LogP contribution in [0.5, 0.6) is 5.75 Å². The van der Waals surface area contributed by atoms with E-state index in [4.69, 9.17) is 5.73 Å². The maximum absolute atomic E-state index is 9.51. The molecule has 0 spiro atoms. The summed E-state index contributed by atoms with van der Waals surface area (Å²) in [6.45, 7) is 0.804. The Morgan fingerprint density at radius 2 is 2.10 bits per heavy atom. The van der Waals surface area contributed by atoms with Gasteiger partial charge in [0.25, 0.3) is 0 Å². The lowest BCUT2D eigenvalue weighted by Crippen LogP contribution is -2.20. The molecular weight excluding hydrogens is 264 g/mol. The summed E-state index contributed by atoms with van der Waals surface area (Å²) in [7, 11) is 2.00. The van der Waals surface area contributed by atoms with E-state index >= 15 is 0 Å². The number of aromatic nitrogens is 2. The number of nitrogens with zero attached hydrogens (tertiary/aromatic N) is 2. The highest BCUT2D eigenvalue weighted by atomic mass is 16.3. The number of nitrogens with one attached hydrogen (secondary N) is 1. The highest BCUT2D eigenvalue weighted by molar-refractivity contribution is 5.78. The van der Waals surface area contributed by atoms with Gasteiger partial charge in [-0.1, -0.05) is 6.07 Å². The first-order valence-electron chi connectivity index (χ1n) is 6.86. The molecule has 108 valence electrons. The van der Waals surface area contributed by atoms with Crippen molar-refractivity contribution in [1.82, 2.24) is 9.97 Å². The summed E-state index contributed by atoms with van der Waals surface area (Å²) in [6.07, 6.45) is 0.792. The van der Waals surface area contributed by atoms with Crippen LogP contribution in [0.4, 0.5) is 11.4 Å². The third-order valence-electron chi connectivity index (χ3n) is 3.51. The molecule has 0 atom stereocenters. The molecule has 5 heteroatoms. The lowest BCUT2D eigenvalue weighted by molar-refractivity contribution is 0.475. The molecule has 0 fully saturated rings. The van der Waals surface area contributed by atoms with Crippen molar-refractivity contribution in [2.24, 2.45) is 0 Å². The van der Waals surface area contributed by atoms with Crippen molar-refractivity contribution in [3.63, 3.8) is 0 Å². The van der Waals surface area contributed by atoms with Crippen LogP contribution >= 0.6 is 0 Å². The van der Waals surface area contributed by atoms with E-state index in [0.29, 0.717) is 0 Å². The second kappa shape index (κ2) is 5.36. The number of phenolic OH excluding ortho intramolecular Hbond substituents is 1. The van der Waals surface area contributed by atoms with Crippen LogP contribution in [0, 0.1) is 0 Å². The summed E-state index contributed by atoms with van der Waals surface area (Å²) < 4.78 is 0. The Hall–Kier alpha value is -2.69. The Morgan fingerprint density at radius 1 is 1.24 bits per heavy atom. The third-order valence-corrected chi connectivity index (χ3v) is 3.51. The molecule has 0 aliphatic rings. The molecule has 3 rings (SSSR count). The molecule has 0 radical (unpaired) electrons. The highest BCUT2D eigenvalue weighted by Gasteiger charge is 2.06. The van der Waals surface area contributed by atoms with E-state index in [9.17, 15) is 5.11 Å². The molecule has 0 bridgehead atoms. The van der Waals surface area contributed by atoms with Gasteiger partial charge in [-0.05, 0) is 30.3 Å². The first kappa shape index (κ1) is 13.3. The summed E-state index contributed by atoms with van der Waals surface area (Å²) in [5.74, 6) is 1.21. The number of nitrogen functional groups attached to an aromatic ring is 1. The molecule has 0 saturated heterocycles. The van der Waals surface area contributed by atoms with Crippen molar-refractivity contribution < 1.29 is 5.11 Å². The molecule has 0 aliphatic carbocycles. The number of anilines is 2. The molecule has 0 amide bonds. The number of aromatic amines is 1. The Labute approximate surface area is 123 Å². The maximum Gasteiger partial charge on any atom is 0.117 e. The second-order valence-corrected chi connectivity index (χ2v) is 5.15. The van der Waals surface area contributed by atoms with Gasteiger partial charge in [0.05, 0.1) is 11.0 Å². The molecule has 1 aromatic heterocycles. The summed E-state index contributed by atoms with van der Waals surface area (Å²) in [6, 6.07) is 12.9. The van der Waals surface area contributed by atoms with E-state index in [0.717, 1.165) is 41.2 Å². The van der Waals surface area contributed by atoms with Gasteiger partial charge in [-0.3, -0.25) is 0 Å². The van der Waals surface area contributed by atoms with Gasteiger partial charge in [0, 0.05) is 37.5 Å². The Kier molecular flexibility index (Phi) is 3.39. The predicted molar refractivity (Wildman–Crippen MR) is 85.6 cm³/mol. The zero-order chi connectivity index (χ0) is 14.8. The van der Waals surface area contributed by atoms with E-state index in [-0.39, 0.29) is 5.75 Å². The second-order valence-electron chi connectivity index (χ2n) is 5.15. The smallest absolute Gasteiger partial charge is 0.117 e. The number of aromatic hydroxyl groups is 1. The first-order valence-corrected chi connectivity index (χ1v) is 6.86. The van der Waals surface area contributed by atoms with Gasteiger partial charge >= 0.3 is 0 Å². The average Bonchev–Trinajstić information content (AvgIpc) is 2.86. The number of rotatable bonds is 4. The first-order chi connectivity index (χ1) is 10.1. The molecule has 5 nitrogen and oxygen atoms in total. The minimum absolute atomic E-state index is 0.276. The fourth-order valence-electron chi connectivity index (χ4n) is 2.33. The van der Waals surface area contributed by atoms with Gasteiger partial charge in [-0.2, -0.15) is 0 Å². The Balaban J connectivity index is 1.71. The van der Waals surface area contributed by atoms with Crippen molar-refractivity contribution in [2.45, 2.75) is 6.42 Å². The van der Waals surface area contributed by atoms with Crippen LogP contribution in [0.2, 0.25) is 0 Å². The third kappa shape index (κ3) is 2.91. The summed E-state index contributed by atoms with van der Waals surface area (Å²) in [5, 5.41) is 9.51. The van der Waals surface area contributed by atoms with E-state index in [1.165, 1.54) is 0 Å². The van der Waals surface area contributed by atoms with Crippen molar-refractivity contribution >= 4 is 22.4 Å². The van der Waals surface area contributed by atoms with Crippen LogP contribution < -0.4 is 10.6 Å². The van der Waals surface area contributed by atoms with E-state index < -0.39 is 0 Å². The van der Waals surface area contributed by atoms with Gasteiger partial charge in [0.2, 0.25) is 0 Å². The number of benzene rings is 2. The molecular formula is C16H18N4O. The number of nitrogens with two attached hydrogens (primary N) is 1. The standard InChI is InChI=1S/C16H18N4O/c1-20(12-3-2-4-13(21)10-12)8-7-16-18-14-6-5-11(17)9-15(14)19-16/h2-6,9-10,21H,7-8,17H2,1H3,(H,18,19). The summed E-state index contributed by atoms with van der Waals surface area (Å²) >= 11 is 0. The number of fused-ring (bicyclic) bond motifs is 1. The van der Waals surface area contributed by atoms with Gasteiger partial charge < -0.3 is 20.7 Å². The van der Waals surface area contributed by atoms with Crippen LogP contribution in [0.25, 0.3) is 11.0 Å². The Morgan fingerprint density at radius 3 is 2.90 bits per heavy atom. The fraction of sp³-hybridized carbons (Fsp3) is 0.188. The van der Waals surface area contributed by atoms with Crippen LogP contribution in [0.15, 0.2) is 42.5 Å². The van der Waals surface area contributed by atoms with Gasteiger partial charge in [-0.15, -0.1) is 0 Å². The van der Waals surface area contributed by atoms with Gasteiger partial charge in [0.15, 0.2) is 0 Å². The van der Waals surface area contributed by atoms with E-state index in [1.54, 1.807) is 12.1 Å². The zero-order valence-corrected chi connectivity index (χ0v) is 11.9. The van der Waals surface area contributed by atoms with Crippen molar-refractivity contribution in [1.29, 1.82) is 0 Å². The largest absolute Gasteiger partial charge is 0.508 e. The lowest BCUT2D eigenvalue weighted by atomic mass is 10.2. The van der Waals surface area contributed by atoms with Gasteiger partial charge in [-0.25, -0.2) is 4.98 Å².